The molecule has 1 saturated carbocycles. The van der Waals surface area contributed by atoms with Gasteiger partial charge in [-0.1, -0.05) is 0 Å². The van der Waals surface area contributed by atoms with Crippen LogP contribution in [0, 0.1) is 0 Å². The molecule has 19 heavy (non-hydrogen) atoms. The Balaban J connectivity index is 1.43. The summed E-state index contributed by atoms with van der Waals surface area (Å²) in [5.41, 5.74) is 0. The Labute approximate surface area is 112 Å². The SMILES string of the molecule is c1nnc(NC2CC2)nc1NCCN1CCOCC1. The molecule has 0 atom stereocenters. The predicted octanol–water partition coefficient (Wildman–Crippen LogP) is 0.190. The molecule has 1 aromatic heterocycles. The van der Waals surface area contributed by atoms with Gasteiger partial charge in [0.1, 0.15) is 0 Å². The molecule has 2 fully saturated rings. The molecule has 1 saturated heterocycles. The maximum atomic E-state index is 5.32. The number of ether oxygens (including phenoxy) is 1. The highest BCUT2D eigenvalue weighted by molar-refractivity contribution is 5.38. The van der Waals surface area contributed by atoms with Crippen LogP contribution in [0.1, 0.15) is 12.8 Å². The first kappa shape index (κ1) is 12.6. The van der Waals surface area contributed by atoms with Crippen LogP contribution >= 0.6 is 0 Å². The Morgan fingerprint density at radius 1 is 1.32 bits per heavy atom. The fourth-order valence-corrected chi connectivity index (χ4v) is 2.03. The van der Waals surface area contributed by atoms with Gasteiger partial charge in [0, 0.05) is 32.2 Å². The largest absolute Gasteiger partial charge is 0.379 e. The third-order valence-corrected chi connectivity index (χ3v) is 3.31. The van der Waals surface area contributed by atoms with Crippen LogP contribution in [0.5, 0.6) is 0 Å². The summed E-state index contributed by atoms with van der Waals surface area (Å²) in [5, 5.41) is 14.5. The summed E-state index contributed by atoms with van der Waals surface area (Å²) in [7, 11) is 0. The minimum absolute atomic E-state index is 0.547. The van der Waals surface area contributed by atoms with Crippen LogP contribution in [-0.2, 0) is 4.74 Å². The van der Waals surface area contributed by atoms with Crippen LogP contribution in [0.25, 0.3) is 0 Å². The molecule has 7 heteroatoms. The van der Waals surface area contributed by atoms with Gasteiger partial charge in [-0.2, -0.15) is 10.1 Å². The van der Waals surface area contributed by atoms with Gasteiger partial charge < -0.3 is 15.4 Å². The van der Waals surface area contributed by atoms with E-state index < -0.39 is 0 Å². The summed E-state index contributed by atoms with van der Waals surface area (Å²) in [5.74, 6) is 1.41. The fraction of sp³-hybridized carbons (Fsp3) is 0.750. The molecule has 0 spiro atoms. The van der Waals surface area contributed by atoms with Gasteiger partial charge >= 0.3 is 0 Å². The average Bonchev–Trinajstić information content (AvgIpc) is 3.24. The quantitative estimate of drug-likeness (QED) is 0.759. The van der Waals surface area contributed by atoms with Crippen molar-refractivity contribution in [2.75, 3.05) is 50.0 Å². The van der Waals surface area contributed by atoms with Gasteiger partial charge in [-0.15, -0.1) is 5.10 Å². The zero-order valence-electron chi connectivity index (χ0n) is 11.0. The van der Waals surface area contributed by atoms with E-state index in [1.54, 1.807) is 6.20 Å². The van der Waals surface area contributed by atoms with E-state index in [0.29, 0.717) is 12.0 Å². The molecular weight excluding hydrogens is 244 g/mol. The highest BCUT2D eigenvalue weighted by atomic mass is 16.5. The Kier molecular flexibility index (Phi) is 4.04. The number of morpholine rings is 1. The fourth-order valence-electron chi connectivity index (χ4n) is 2.03. The Morgan fingerprint density at radius 2 is 2.16 bits per heavy atom. The van der Waals surface area contributed by atoms with E-state index in [9.17, 15) is 0 Å². The van der Waals surface area contributed by atoms with E-state index in [1.807, 2.05) is 0 Å². The van der Waals surface area contributed by atoms with Crippen molar-refractivity contribution in [2.45, 2.75) is 18.9 Å². The topological polar surface area (TPSA) is 75.2 Å². The first-order valence-corrected chi connectivity index (χ1v) is 6.90. The van der Waals surface area contributed by atoms with Crippen molar-refractivity contribution in [1.29, 1.82) is 0 Å². The third kappa shape index (κ3) is 4.00. The molecule has 3 rings (SSSR count). The van der Waals surface area contributed by atoms with Crippen LogP contribution in [-0.4, -0.2) is 65.5 Å². The molecule has 0 amide bonds. The maximum absolute atomic E-state index is 5.32. The lowest BCUT2D eigenvalue weighted by atomic mass is 10.4. The van der Waals surface area contributed by atoms with E-state index in [2.05, 4.69) is 30.7 Å². The predicted molar refractivity (Wildman–Crippen MR) is 72.2 cm³/mol. The normalized spacial score (nSPS) is 20.2. The van der Waals surface area contributed by atoms with Crippen LogP contribution in [0.15, 0.2) is 6.20 Å². The Hall–Kier alpha value is -1.47. The molecule has 0 aromatic carbocycles. The number of anilines is 2. The number of nitrogens with zero attached hydrogens (tertiary/aromatic N) is 4. The van der Waals surface area contributed by atoms with Crippen molar-refractivity contribution in [1.82, 2.24) is 20.1 Å². The second kappa shape index (κ2) is 6.12. The van der Waals surface area contributed by atoms with Crippen molar-refractivity contribution in [2.24, 2.45) is 0 Å². The molecule has 1 aromatic rings. The molecule has 1 aliphatic carbocycles. The minimum Gasteiger partial charge on any atom is -0.379 e. The summed E-state index contributed by atoms with van der Waals surface area (Å²) in [6.45, 7) is 5.56. The Bertz CT molecular complexity index is 405. The molecule has 2 N–H and O–H groups in total. The van der Waals surface area contributed by atoms with Crippen molar-refractivity contribution in [3.8, 4) is 0 Å². The highest BCUT2D eigenvalue weighted by Crippen LogP contribution is 2.22. The molecule has 0 bridgehead atoms. The highest BCUT2D eigenvalue weighted by Gasteiger charge is 2.22. The van der Waals surface area contributed by atoms with Gasteiger partial charge in [-0.05, 0) is 12.8 Å². The van der Waals surface area contributed by atoms with Crippen molar-refractivity contribution in [3.05, 3.63) is 6.20 Å². The number of hydrogen-bond acceptors (Lipinski definition) is 7. The summed E-state index contributed by atoms with van der Waals surface area (Å²) in [6.07, 6.45) is 4.08. The van der Waals surface area contributed by atoms with Crippen molar-refractivity contribution in [3.63, 3.8) is 0 Å². The average molecular weight is 264 g/mol. The molecule has 0 unspecified atom stereocenters. The zero-order valence-corrected chi connectivity index (χ0v) is 11.0. The second-order valence-electron chi connectivity index (χ2n) is 4.96. The van der Waals surface area contributed by atoms with Crippen molar-refractivity contribution >= 4 is 11.8 Å². The van der Waals surface area contributed by atoms with Gasteiger partial charge in [0.25, 0.3) is 0 Å². The summed E-state index contributed by atoms with van der Waals surface area (Å²) < 4.78 is 5.32. The monoisotopic (exact) mass is 264 g/mol. The minimum atomic E-state index is 0.547. The number of nitrogens with one attached hydrogen (secondary N) is 2. The first-order valence-electron chi connectivity index (χ1n) is 6.90. The van der Waals surface area contributed by atoms with Crippen LogP contribution in [0.3, 0.4) is 0 Å². The van der Waals surface area contributed by atoms with Gasteiger partial charge in [0.05, 0.1) is 19.4 Å². The summed E-state index contributed by atoms with van der Waals surface area (Å²) in [4.78, 5) is 6.78. The maximum Gasteiger partial charge on any atom is 0.244 e. The molecular formula is C12H20N6O. The van der Waals surface area contributed by atoms with Crippen LogP contribution in [0.4, 0.5) is 11.8 Å². The zero-order chi connectivity index (χ0) is 12.9. The standard InChI is InChI=1S/C12H20N6O/c1-2-10(1)15-12-16-11(9-14-17-12)13-3-4-18-5-7-19-8-6-18/h9-10H,1-8H2,(H2,13,15,16,17). The molecule has 104 valence electrons. The van der Waals surface area contributed by atoms with Gasteiger partial charge in [0.2, 0.25) is 5.95 Å². The van der Waals surface area contributed by atoms with E-state index >= 15 is 0 Å². The first-order chi connectivity index (χ1) is 9.40. The molecule has 2 heterocycles. The number of hydrogen-bond donors (Lipinski definition) is 2. The smallest absolute Gasteiger partial charge is 0.244 e. The second-order valence-corrected chi connectivity index (χ2v) is 4.96. The van der Waals surface area contributed by atoms with Crippen molar-refractivity contribution < 1.29 is 4.74 Å². The lowest BCUT2D eigenvalue weighted by Crippen LogP contribution is -2.39. The van der Waals surface area contributed by atoms with Gasteiger partial charge in [-0.3, -0.25) is 4.90 Å². The van der Waals surface area contributed by atoms with E-state index in [0.717, 1.165) is 45.2 Å². The number of aromatic nitrogens is 3. The van der Waals surface area contributed by atoms with E-state index in [-0.39, 0.29) is 0 Å². The van der Waals surface area contributed by atoms with E-state index in [4.69, 9.17) is 4.74 Å². The lowest BCUT2D eigenvalue weighted by molar-refractivity contribution is 0.0398. The molecule has 7 nitrogen and oxygen atoms in total. The summed E-state index contributed by atoms with van der Waals surface area (Å²) >= 11 is 0. The molecule has 1 aliphatic heterocycles. The lowest BCUT2D eigenvalue weighted by Gasteiger charge is -2.26. The van der Waals surface area contributed by atoms with Crippen LogP contribution < -0.4 is 10.6 Å². The third-order valence-electron chi connectivity index (χ3n) is 3.31. The van der Waals surface area contributed by atoms with Gasteiger partial charge in [-0.25, -0.2) is 0 Å². The number of rotatable bonds is 6. The Morgan fingerprint density at radius 3 is 2.95 bits per heavy atom. The molecule has 2 aliphatic rings. The van der Waals surface area contributed by atoms with Crippen LogP contribution in [0.2, 0.25) is 0 Å². The van der Waals surface area contributed by atoms with Gasteiger partial charge in [0.15, 0.2) is 5.82 Å². The summed E-state index contributed by atoms with van der Waals surface area (Å²) in [6, 6.07) is 0.547. The van der Waals surface area contributed by atoms with E-state index in [1.165, 1.54) is 12.8 Å². The molecule has 0 radical (unpaired) electrons.